The second-order valence-corrected chi connectivity index (χ2v) is 9.28. The van der Waals surface area contributed by atoms with E-state index in [0.29, 0.717) is 18.7 Å². The van der Waals surface area contributed by atoms with Gasteiger partial charge in [-0.2, -0.15) is 9.98 Å². The van der Waals surface area contributed by atoms with Crippen molar-refractivity contribution in [2.45, 2.75) is 71.9 Å². The lowest BCUT2D eigenvalue weighted by atomic mass is 9.63. The second-order valence-electron chi connectivity index (χ2n) is 9.28. The van der Waals surface area contributed by atoms with Crippen LogP contribution in [0.2, 0.25) is 0 Å². The Hall–Kier alpha value is -3.00. The maximum Gasteiger partial charge on any atom is 0.240 e. The SMILES string of the molecule is CC1(C)CC(N=C=O)CC(C)(CN=C=O)C1.CC1=C(N=C=O)C=CC(C)(N=C=O)C1. The number of aliphatic imine (C=N–C) groups is 4. The molecule has 2 aliphatic carbocycles. The van der Waals surface area contributed by atoms with Gasteiger partial charge in [-0.15, -0.1) is 0 Å². The standard InChI is InChI=1S/C12H18N2O2.C10H10N2O2/c1-11(2)4-10(14-9-16)5-12(3,6-11)7-13-8-15;1-8-5-10(2,12-7-14)4-3-9(8)11-6-13/h10H,4-7H2,1-3H3;3-4H,5H2,1-2H3. The fourth-order valence-electron chi connectivity index (χ4n) is 4.54. The van der Waals surface area contributed by atoms with Crippen LogP contribution in [0, 0.1) is 10.8 Å². The van der Waals surface area contributed by atoms with Crippen molar-refractivity contribution in [3.05, 3.63) is 23.4 Å². The van der Waals surface area contributed by atoms with Crippen molar-refractivity contribution in [1.82, 2.24) is 0 Å². The van der Waals surface area contributed by atoms with Crippen LogP contribution in [0.1, 0.15) is 60.3 Å². The number of rotatable bonds is 5. The van der Waals surface area contributed by atoms with Crippen molar-refractivity contribution in [3.63, 3.8) is 0 Å². The third-order valence-corrected chi connectivity index (χ3v) is 5.31. The Bertz CT molecular complexity index is 896. The Morgan fingerprint density at radius 1 is 1.00 bits per heavy atom. The molecule has 0 radical (unpaired) electrons. The van der Waals surface area contributed by atoms with Gasteiger partial charge in [-0.05, 0) is 62.0 Å². The van der Waals surface area contributed by atoms with E-state index >= 15 is 0 Å². The second kappa shape index (κ2) is 10.7. The van der Waals surface area contributed by atoms with Crippen LogP contribution < -0.4 is 0 Å². The maximum atomic E-state index is 10.3. The number of isocyanates is 4. The first-order chi connectivity index (χ1) is 14.0. The Morgan fingerprint density at radius 2 is 1.70 bits per heavy atom. The van der Waals surface area contributed by atoms with Crippen LogP contribution in [-0.4, -0.2) is 42.4 Å². The molecule has 0 N–H and O–H groups in total. The predicted octanol–water partition coefficient (Wildman–Crippen LogP) is 3.89. The molecule has 0 aliphatic heterocycles. The molecule has 0 aromatic heterocycles. The van der Waals surface area contributed by atoms with Gasteiger partial charge in [-0.25, -0.2) is 29.2 Å². The molecule has 3 atom stereocenters. The lowest BCUT2D eigenvalue weighted by molar-refractivity contribution is 0.0915. The molecule has 0 bridgehead atoms. The Balaban J connectivity index is 0.000000303. The number of carbonyl (C=O) groups excluding carboxylic acids is 4. The Labute approximate surface area is 176 Å². The van der Waals surface area contributed by atoms with Gasteiger partial charge in [-0.1, -0.05) is 26.8 Å². The highest BCUT2D eigenvalue weighted by molar-refractivity contribution is 5.45. The molecule has 3 unspecified atom stereocenters. The molecule has 0 amide bonds. The van der Waals surface area contributed by atoms with Crippen molar-refractivity contribution < 1.29 is 19.2 Å². The predicted molar refractivity (Wildman–Crippen MR) is 112 cm³/mol. The van der Waals surface area contributed by atoms with E-state index in [0.717, 1.165) is 24.8 Å². The molecule has 0 aromatic carbocycles. The average molecular weight is 412 g/mol. The minimum atomic E-state index is -0.548. The van der Waals surface area contributed by atoms with E-state index in [4.69, 9.17) is 0 Å². The van der Waals surface area contributed by atoms with Gasteiger partial charge in [0, 0.05) is 0 Å². The summed E-state index contributed by atoms with van der Waals surface area (Å²) < 4.78 is 0. The summed E-state index contributed by atoms with van der Waals surface area (Å²) in [5.41, 5.74) is 1.02. The van der Waals surface area contributed by atoms with Crippen LogP contribution in [0.25, 0.3) is 0 Å². The van der Waals surface area contributed by atoms with Crippen LogP contribution in [-0.2, 0) is 19.2 Å². The first-order valence-electron chi connectivity index (χ1n) is 9.68. The summed E-state index contributed by atoms with van der Waals surface area (Å²) in [6.45, 7) is 10.5. The Morgan fingerprint density at radius 3 is 2.23 bits per heavy atom. The van der Waals surface area contributed by atoms with Gasteiger partial charge in [0.25, 0.3) is 0 Å². The molecule has 8 nitrogen and oxygen atoms in total. The van der Waals surface area contributed by atoms with Crippen LogP contribution in [0.4, 0.5) is 0 Å². The van der Waals surface area contributed by atoms with Crippen LogP contribution in [0.5, 0.6) is 0 Å². The average Bonchev–Trinajstić information content (AvgIpc) is 2.62. The molecule has 1 saturated carbocycles. The summed E-state index contributed by atoms with van der Waals surface area (Å²) in [4.78, 5) is 55.5. The topological polar surface area (TPSA) is 118 Å². The van der Waals surface area contributed by atoms with Crippen LogP contribution in [0.15, 0.2) is 43.4 Å². The monoisotopic (exact) mass is 412 g/mol. The molecular formula is C22H28N4O4. The van der Waals surface area contributed by atoms with Gasteiger partial charge in [0.15, 0.2) is 0 Å². The van der Waals surface area contributed by atoms with Gasteiger partial charge in [0.2, 0.25) is 24.3 Å². The van der Waals surface area contributed by atoms with Crippen molar-refractivity contribution in [3.8, 4) is 0 Å². The smallest absolute Gasteiger partial charge is 0.211 e. The molecule has 0 saturated heterocycles. The van der Waals surface area contributed by atoms with Crippen molar-refractivity contribution in [2.24, 2.45) is 30.8 Å². The zero-order chi connectivity index (χ0) is 22.8. The van der Waals surface area contributed by atoms with E-state index < -0.39 is 5.54 Å². The van der Waals surface area contributed by atoms with E-state index in [2.05, 4.69) is 40.7 Å². The number of hydrogen-bond acceptors (Lipinski definition) is 8. The highest BCUT2D eigenvalue weighted by atomic mass is 16.1. The molecule has 8 heteroatoms. The first kappa shape index (κ1) is 25.0. The summed E-state index contributed by atoms with van der Waals surface area (Å²) in [7, 11) is 0. The summed E-state index contributed by atoms with van der Waals surface area (Å²) in [5, 5.41) is 0. The van der Waals surface area contributed by atoms with Crippen LogP contribution in [0.3, 0.4) is 0 Å². The quantitative estimate of drug-likeness (QED) is 0.503. The molecule has 30 heavy (non-hydrogen) atoms. The van der Waals surface area contributed by atoms with E-state index in [1.165, 1.54) is 12.2 Å². The van der Waals surface area contributed by atoms with Gasteiger partial charge >= 0.3 is 0 Å². The molecule has 1 fully saturated rings. The zero-order valence-corrected chi connectivity index (χ0v) is 18.2. The molecule has 0 heterocycles. The zero-order valence-electron chi connectivity index (χ0n) is 18.2. The molecule has 2 aliphatic rings. The van der Waals surface area contributed by atoms with Crippen LogP contribution >= 0.6 is 0 Å². The van der Waals surface area contributed by atoms with Crippen molar-refractivity contribution in [2.75, 3.05) is 6.54 Å². The number of nitrogens with zero attached hydrogens (tertiary/aromatic N) is 4. The van der Waals surface area contributed by atoms with E-state index in [1.807, 2.05) is 13.8 Å². The van der Waals surface area contributed by atoms with Crippen molar-refractivity contribution in [1.29, 1.82) is 0 Å². The third-order valence-electron chi connectivity index (χ3n) is 5.31. The molecule has 0 spiro atoms. The van der Waals surface area contributed by atoms with E-state index in [9.17, 15) is 19.2 Å². The minimum Gasteiger partial charge on any atom is -0.211 e. The van der Waals surface area contributed by atoms with Gasteiger partial charge in [0.1, 0.15) is 0 Å². The molecule has 0 aromatic rings. The highest BCUT2D eigenvalue weighted by Crippen LogP contribution is 2.47. The van der Waals surface area contributed by atoms with Crippen molar-refractivity contribution >= 4 is 24.3 Å². The summed E-state index contributed by atoms with van der Waals surface area (Å²) in [6, 6.07) is 0.00750. The molecule has 160 valence electrons. The lowest BCUT2D eigenvalue weighted by Crippen LogP contribution is -2.39. The van der Waals surface area contributed by atoms with E-state index in [-0.39, 0.29) is 16.9 Å². The fourth-order valence-corrected chi connectivity index (χ4v) is 4.54. The van der Waals surface area contributed by atoms with Gasteiger partial charge < -0.3 is 0 Å². The minimum absolute atomic E-state index is 0.00750. The van der Waals surface area contributed by atoms with E-state index in [1.54, 1.807) is 24.3 Å². The summed E-state index contributed by atoms with van der Waals surface area (Å²) >= 11 is 0. The maximum absolute atomic E-state index is 10.3. The summed E-state index contributed by atoms with van der Waals surface area (Å²) in [5.74, 6) is 0. The largest absolute Gasteiger partial charge is 0.240 e. The number of hydrogen-bond donors (Lipinski definition) is 0. The molecular weight excluding hydrogens is 384 g/mol. The number of allylic oxidation sites excluding steroid dienone is 1. The van der Waals surface area contributed by atoms with Gasteiger partial charge in [-0.3, -0.25) is 0 Å². The Kier molecular flexibility index (Phi) is 8.92. The fraction of sp³-hybridized carbons (Fsp3) is 0.636. The summed E-state index contributed by atoms with van der Waals surface area (Å²) in [6.07, 6.45) is 12.9. The van der Waals surface area contributed by atoms with Gasteiger partial charge in [0.05, 0.1) is 23.8 Å². The third kappa shape index (κ3) is 7.79. The normalized spacial score (nSPS) is 29.0. The lowest BCUT2D eigenvalue weighted by Gasteiger charge is -2.44. The molecule has 2 rings (SSSR count). The highest BCUT2D eigenvalue weighted by Gasteiger charge is 2.41. The first-order valence-corrected chi connectivity index (χ1v) is 9.68.